The van der Waals surface area contributed by atoms with Crippen LogP contribution in [0.25, 0.3) is 17.3 Å². The second-order valence-corrected chi connectivity index (χ2v) is 7.42. The van der Waals surface area contributed by atoms with Gasteiger partial charge in [0.2, 0.25) is 0 Å². The molecule has 0 saturated carbocycles. The molecule has 140 valence electrons. The SMILES string of the molecule is Cc1ccc(-n2c(C)cc(/C=C(/C#N)c3ccc([N+](=O)[O-])cc3)c2C)cc1Br. The summed E-state index contributed by atoms with van der Waals surface area (Å²) in [5.74, 6) is 0. The highest BCUT2D eigenvalue weighted by atomic mass is 79.9. The number of hydrogen-bond donors (Lipinski definition) is 0. The molecule has 28 heavy (non-hydrogen) atoms. The molecule has 0 fully saturated rings. The maximum atomic E-state index is 10.8. The van der Waals surface area contributed by atoms with Gasteiger partial charge in [-0.25, -0.2) is 0 Å². The number of benzene rings is 2. The van der Waals surface area contributed by atoms with E-state index >= 15 is 0 Å². The van der Waals surface area contributed by atoms with E-state index in [0.29, 0.717) is 11.1 Å². The van der Waals surface area contributed by atoms with Gasteiger partial charge in [-0.1, -0.05) is 22.0 Å². The first-order valence-electron chi connectivity index (χ1n) is 8.64. The van der Waals surface area contributed by atoms with Crippen molar-refractivity contribution in [2.24, 2.45) is 0 Å². The minimum absolute atomic E-state index is 0.00386. The van der Waals surface area contributed by atoms with Crippen LogP contribution in [0, 0.1) is 42.2 Å². The summed E-state index contributed by atoms with van der Waals surface area (Å²) in [5.41, 5.74) is 6.32. The Morgan fingerprint density at radius 2 is 1.82 bits per heavy atom. The van der Waals surface area contributed by atoms with Gasteiger partial charge >= 0.3 is 0 Å². The second-order valence-electron chi connectivity index (χ2n) is 6.57. The maximum absolute atomic E-state index is 10.8. The molecule has 3 aromatic rings. The quantitative estimate of drug-likeness (QED) is 0.280. The molecule has 0 bridgehead atoms. The molecule has 0 aliphatic heterocycles. The van der Waals surface area contributed by atoms with Crippen molar-refractivity contribution in [1.82, 2.24) is 4.57 Å². The van der Waals surface area contributed by atoms with Crippen molar-refractivity contribution < 1.29 is 4.92 Å². The molecule has 1 heterocycles. The Morgan fingerprint density at radius 1 is 1.14 bits per heavy atom. The van der Waals surface area contributed by atoms with Crippen molar-refractivity contribution in [3.8, 4) is 11.8 Å². The van der Waals surface area contributed by atoms with Gasteiger partial charge in [0.15, 0.2) is 0 Å². The summed E-state index contributed by atoms with van der Waals surface area (Å²) in [5, 5.41) is 20.4. The van der Waals surface area contributed by atoms with Gasteiger partial charge in [0.05, 0.1) is 16.6 Å². The summed E-state index contributed by atoms with van der Waals surface area (Å²) in [6, 6.07) is 16.5. The number of nitro groups is 1. The molecule has 0 aliphatic rings. The topological polar surface area (TPSA) is 71.9 Å². The van der Waals surface area contributed by atoms with Crippen molar-refractivity contribution >= 4 is 33.3 Å². The molecule has 0 atom stereocenters. The van der Waals surface area contributed by atoms with Crippen LogP contribution in [0.5, 0.6) is 0 Å². The second kappa shape index (κ2) is 7.83. The Bertz CT molecular complexity index is 1140. The van der Waals surface area contributed by atoms with Crippen LogP contribution < -0.4 is 0 Å². The van der Waals surface area contributed by atoms with E-state index < -0.39 is 4.92 Å². The van der Waals surface area contributed by atoms with E-state index in [0.717, 1.165) is 32.7 Å². The first-order valence-corrected chi connectivity index (χ1v) is 9.43. The van der Waals surface area contributed by atoms with Crippen molar-refractivity contribution in [3.63, 3.8) is 0 Å². The zero-order valence-corrected chi connectivity index (χ0v) is 17.3. The highest BCUT2D eigenvalue weighted by Gasteiger charge is 2.12. The molecule has 6 heteroatoms. The van der Waals surface area contributed by atoms with Crippen molar-refractivity contribution in [3.05, 3.63) is 91.2 Å². The first kappa shape index (κ1) is 19.6. The number of nitro benzene ring substituents is 1. The van der Waals surface area contributed by atoms with Crippen molar-refractivity contribution in [2.45, 2.75) is 20.8 Å². The number of non-ortho nitro benzene ring substituents is 1. The Balaban J connectivity index is 2.05. The fraction of sp³-hybridized carbons (Fsp3) is 0.136. The van der Waals surface area contributed by atoms with E-state index in [1.54, 1.807) is 12.1 Å². The van der Waals surface area contributed by atoms with Gasteiger partial charge in [0.25, 0.3) is 5.69 Å². The number of hydrogen-bond acceptors (Lipinski definition) is 3. The van der Waals surface area contributed by atoms with Gasteiger partial charge in [-0.2, -0.15) is 5.26 Å². The molecule has 1 aromatic heterocycles. The lowest BCUT2D eigenvalue weighted by atomic mass is 10.0. The fourth-order valence-electron chi connectivity index (χ4n) is 3.15. The number of aromatic nitrogens is 1. The third-order valence-corrected chi connectivity index (χ3v) is 5.55. The summed E-state index contributed by atoms with van der Waals surface area (Å²) < 4.78 is 3.18. The molecular weight excluding hydrogens is 418 g/mol. The lowest BCUT2D eigenvalue weighted by Crippen LogP contribution is -1.99. The van der Waals surface area contributed by atoms with Gasteiger partial charge in [0.1, 0.15) is 0 Å². The molecule has 0 radical (unpaired) electrons. The van der Waals surface area contributed by atoms with Gasteiger partial charge in [-0.3, -0.25) is 10.1 Å². The summed E-state index contributed by atoms with van der Waals surface area (Å²) in [6.07, 6.45) is 1.82. The number of rotatable bonds is 4. The summed E-state index contributed by atoms with van der Waals surface area (Å²) in [6.45, 7) is 6.08. The van der Waals surface area contributed by atoms with Crippen LogP contribution in [0.1, 0.15) is 28.1 Å². The van der Waals surface area contributed by atoms with Gasteiger partial charge in [0, 0.05) is 33.7 Å². The Hall–Kier alpha value is -3.17. The summed E-state index contributed by atoms with van der Waals surface area (Å²) in [4.78, 5) is 10.4. The van der Waals surface area contributed by atoms with Crippen LogP contribution in [0.3, 0.4) is 0 Å². The molecular formula is C22H18BrN3O2. The maximum Gasteiger partial charge on any atom is 0.269 e. The lowest BCUT2D eigenvalue weighted by molar-refractivity contribution is -0.384. The standard InChI is InChI=1S/C22H18BrN3O2/c1-14-4-7-21(12-22(14)23)25-15(2)10-18(16(25)3)11-19(13-24)17-5-8-20(9-6-17)26(27)28/h4-12H,1-3H3/b19-11-. The van der Waals surface area contributed by atoms with E-state index in [1.807, 2.05) is 32.9 Å². The average Bonchev–Trinajstić information content (AvgIpc) is 2.95. The van der Waals surface area contributed by atoms with E-state index in [-0.39, 0.29) is 5.69 Å². The van der Waals surface area contributed by atoms with Crippen LogP contribution in [0.15, 0.2) is 53.0 Å². The largest absolute Gasteiger partial charge is 0.318 e. The number of nitrogens with zero attached hydrogens (tertiary/aromatic N) is 3. The summed E-state index contributed by atoms with van der Waals surface area (Å²) >= 11 is 3.58. The van der Waals surface area contributed by atoms with E-state index in [4.69, 9.17) is 0 Å². The molecule has 3 rings (SSSR count). The third kappa shape index (κ3) is 3.75. The molecule has 0 unspecified atom stereocenters. The molecule has 0 amide bonds. The molecule has 0 aliphatic carbocycles. The molecule has 5 nitrogen and oxygen atoms in total. The van der Waals surface area contributed by atoms with Crippen molar-refractivity contribution in [1.29, 1.82) is 5.26 Å². The Labute approximate surface area is 171 Å². The highest BCUT2D eigenvalue weighted by molar-refractivity contribution is 9.10. The smallest absolute Gasteiger partial charge is 0.269 e. The van der Waals surface area contributed by atoms with Crippen LogP contribution in [0.2, 0.25) is 0 Å². The van der Waals surface area contributed by atoms with Crippen LogP contribution in [0.4, 0.5) is 5.69 Å². The number of allylic oxidation sites excluding steroid dienone is 1. The van der Waals surface area contributed by atoms with E-state index in [2.05, 4.69) is 44.8 Å². The monoisotopic (exact) mass is 435 g/mol. The van der Waals surface area contributed by atoms with Crippen LogP contribution >= 0.6 is 15.9 Å². The minimum Gasteiger partial charge on any atom is -0.318 e. The Kier molecular flexibility index (Phi) is 5.48. The molecule has 0 N–H and O–H groups in total. The number of halogens is 1. The third-order valence-electron chi connectivity index (χ3n) is 4.69. The lowest BCUT2D eigenvalue weighted by Gasteiger charge is -2.11. The average molecular weight is 436 g/mol. The highest BCUT2D eigenvalue weighted by Crippen LogP contribution is 2.28. The normalized spacial score (nSPS) is 11.3. The number of aryl methyl sites for hydroxylation is 2. The predicted molar refractivity (Wildman–Crippen MR) is 114 cm³/mol. The first-order chi connectivity index (χ1) is 13.3. The van der Waals surface area contributed by atoms with E-state index in [1.165, 1.54) is 12.1 Å². The van der Waals surface area contributed by atoms with Crippen LogP contribution in [-0.2, 0) is 0 Å². The minimum atomic E-state index is -0.452. The summed E-state index contributed by atoms with van der Waals surface area (Å²) in [7, 11) is 0. The predicted octanol–water partition coefficient (Wildman–Crippen LogP) is 6.14. The van der Waals surface area contributed by atoms with Crippen molar-refractivity contribution in [2.75, 3.05) is 0 Å². The zero-order chi connectivity index (χ0) is 20.4. The van der Waals surface area contributed by atoms with Gasteiger partial charge < -0.3 is 4.57 Å². The van der Waals surface area contributed by atoms with Crippen LogP contribution in [-0.4, -0.2) is 9.49 Å². The fourth-order valence-corrected chi connectivity index (χ4v) is 3.52. The molecule has 0 spiro atoms. The Morgan fingerprint density at radius 3 is 2.39 bits per heavy atom. The zero-order valence-electron chi connectivity index (χ0n) is 15.7. The number of nitriles is 1. The van der Waals surface area contributed by atoms with E-state index in [9.17, 15) is 15.4 Å². The van der Waals surface area contributed by atoms with Gasteiger partial charge in [-0.15, -0.1) is 0 Å². The van der Waals surface area contributed by atoms with Gasteiger partial charge in [-0.05, 0) is 73.9 Å². The molecule has 2 aromatic carbocycles. The molecule has 0 saturated heterocycles.